The minimum Gasteiger partial charge on any atom is -0.444 e. The highest BCUT2D eigenvalue weighted by molar-refractivity contribution is 5.85. The van der Waals surface area contributed by atoms with Crippen molar-refractivity contribution in [2.75, 3.05) is 13.2 Å². The summed E-state index contributed by atoms with van der Waals surface area (Å²) in [5.74, 6) is 0. The van der Waals surface area contributed by atoms with Crippen LogP contribution in [0.4, 0.5) is 4.79 Å². The zero-order chi connectivity index (χ0) is 33.8. The van der Waals surface area contributed by atoms with Gasteiger partial charge in [-0.05, 0) is 88.0 Å². The molecule has 0 aliphatic rings. The lowest BCUT2D eigenvalue weighted by Crippen LogP contribution is -2.36. The number of nitrogens with two attached hydrogens (primary N) is 1. The molecule has 0 radical (unpaired) electrons. The van der Waals surface area contributed by atoms with Crippen LogP contribution in [0.3, 0.4) is 0 Å². The van der Waals surface area contributed by atoms with Gasteiger partial charge < -0.3 is 26.0 Å². The zero-order valence-electron chi connectivity index (χ0n) is 27.3. The van der Waals surface area contributed by atoms with E-state index in [2.05, 4.69) is 60.4 Å². The molecule has 242 valence electrons. The third kappa shape index (κ3) is 10.2. The molecule has 2 atom stereocenters. The average Bonchev–Trinajstić information content (AvgIpc) is 3.09. The Kier molecular flexibility index (Phi) is 12.3. The lowest BCUT2D eigenvalue weighted by molar-refractivity contribution is 0.0482. The van der Waals surface area contributed by atoms with Gasteiger partial charge in [0, 0.05) is 0 Å². The van der Waals surface area contributed by atoms with Gasteiger partial charge in [0.1, 0.15) is 5.60 Å². The van der Waals surface area contributed by atoms with Crippen molar-refractivity contribution in [2.24, 2.45) is 5.73 Å². The van der Waals surface area contributed by atoms with E-state index in [0.717, 1.165) is 27.3 Å². The Hall–Kier alpha value is -5.01. The molecule has 0 bridgehead atoms. The van der Waals surface area contributed by atoms with Gasteiger partial charge in [0.25, 0.3) is 0 Å². The smallest absolute Gasteiger partial charge is 0.408 e. The second-order valence-corrected chi connectivity index (χ2v) is 12.2. The van der Waals surface area contributed by atoms with Crippen LogP contribution in [0, 0.1) is 0 Å². The number of aliphatic hydroxyl groups excluding tert-OH is 2. The van der Waals surface area contributed by atoms with E-state index in [1.807, 2.05) is 84.9 Å². The number of rotatable bonds is 6. The molecule has 6 aromatic rings. The molecule has 6 nitrogen and oxygen atoms in total. The number of benzene rings is 6. The summed E-state index contributed by atoms with van der Waals surface area (Å²) in [5.41, 5.74) is 8.18. The Balaban J connectivity index is 0.000000167. The van der Waals surface area contributed by atoms with Crippen molar-refractivity contribution >= 4 is 44.5 Å². The van der Waals surface area contributed by atoms with E-state index in [1.165, 1.54) is 21.7 Å². The summed E-state index contributed by atoms with van der Waals surface area (Å²) in [5, 5.41) is 28.3. The van der Waals surface area contributed by atoms with Crippen molar-refractivity contribution in [1.82, 2.24) is 5.32 Å². The summed E-state index contributed by atoms with van der Waals surface area (Å²) in [7, 11) is 0. The predicted octanol–water partition coefficient (Wildman–Crippen LogP) is 8.71. The van der Waals surface area contributed by atoms with E-state index in [9.17, 15) is 9.90 Å². The molecule has 6 aromatic carbocycles. The third-order valence-electron chi connectivity index (χ3n) is 7.46. The molecule has 0 aliphatic heterocycles. The van der Waals surface area contributed by atoms with E-state index in [4.69, 9.17) is 15.6 Å². The van der Waals surface area contributed by atoms with Crippen molar-refractivity contribution in [2.45, 2.75) is 38.5 Å². The van der Waals surface area contributed by atoms with Crippen molar-refractivity contribution in [1.29, 1.82) is 0 Å². The molecule has 5 N–H and O–H groups in total. The molecule has 0 spiro atoms. The predicted molar refractivity (Wildman–Crippen MR) is 195 cm³/mol. The zero-order valence-corrected chi connectivity index (χ0v) is 27.3. The van der Waals surface area contributed by atoms with Crippen LogP contribution in [-0.4, -0.2) is 35.1 Å². The van der Waals surface area contributed by atoms with Crippen LogP contribution >= 0.6 is 0 Å². The molecule has 47 heavy (non-hydrogen) atoms. The maximum absolute atomic E-state index is 11.8. The van der Waals surface area contributed by atoms with Crippen molar-refractivity contribution in [3.05, 3.63) is 151 Å². The fourth-order valence-corrected chi connectivity index (χ4v) is 4.99. The standard InChI is InChI=1S/C17H21NO3.C12H13NO.C12H10/c1-17(2,3)21-16(20)18-15(11-19)14-9-8-12-6-4-5-7-13(12)10-14;13-12(8-14)11-6-5-9-3-1-2-4-10(9)7-11;1-2-10-7-8-11-5-3-4-6-12(11)9-10/h4-10,15,19H,11H2,1-3H3,(H,18,20);1-7,12,14H,8,13H2;2-9H,1H2/t15-;12-;/m00./s1. The number of aliphatic hydroxyl groups is 2. The van der Waals surface area contributed by atoms with Gasteiger partial charge in [-0.2, -0.15) is 0 Å². The van der Waals surface area contributed by atoms with E-state index in [-0.39, 0.29) is 19.3 Å². The topological polar surface area (TPSA) is 105 Å². The molecular formula is C41H44N2O4. The molecular weight excluding hydrogens is 584 g/mol. The fraction of sp³-hybridized carbons (Fsp3) is 0.195. The Morgan fingerprint density at radius 3 is 1.62 bits per heavy atom. The van der Waals surface area contributed by atoms with Gasteiger partial charge in [0.2, 0.25) is 0 Å². The molecule has 0 unspecified atom stereocenters. The third-order valence-corrected chi connectivity index (χ3v) is 7.46. The van der Waals surface area contributed by atoms with Crippen LogP contribution in [0.15, 0.2) is 134 Å². The van der Waals surface area contributed by atoms with Crippen LogP contribution in [-0.2, 0) is 4.74 Å². The maximum atomic E-state index is 11.8. The summed E-state index contributed by atoms with van der Waals surface area (Å²) in [4.78, 5) is 11.8. The molecule has 0 aliphatic carbocycles. The van der Waals surface area contributed by atoms with E-state index in [1.54, 1.807) is 20.8 Å². The number of hydrogen-bond donors (Lipinski definition) is 4. The molecule has 0 heterocycles. The van der Waals surface area contributed by atoms with Gasteiger partial charge in [-0.3, -0.25) is 0 Å². The number of nitrogens with one attached hydrogen (secondary N) is 1. The van der Waals surface area contributed by atoms with Gasteiger partial charge >= 0.3 is 6.09 Å². The van der Waals surface area contributed by atoms with Crippen LogP contribution in [0.1, 0.15) is 49.5 Å². The van der Waals surface area contributed by atoms with Crippen LogP contribution in [0.5, 0.6) is 0 Å². The first-order valence-corrected chi connectivity index (χ1v) is 15.7. The second kappa shape index (κ2) is 16.5. The first-order valence-electron chi connectivity index (χ1n) is 15.7. The van der Waals surface area contributed by atoms with E-state index >= 15 is 0 Å². The van der Waals surface area contributed by atoms with Crippen LogP contribution in [0.25, 0.3) is 38.4 Å². The summed E-state index contributed by atoms with van der Waals surface area (Å²) in [6.45, 7) is 8.95. The average molecular weight is 629 g/mol. The first-order chi connectivity index (χ1) is 22.6. The highest BCUT2D eigenvalue weighted by Gasteiger charge is 2.20. The van der Waals surface area contributed by atoms with Gasteiger partial charge in [0.05, 0.1) is 25.3 Å². The number of hydrogen-bond acceptors (Lipinski definition) is 5. The number of carbonyl (C=O) groups excluding carboxylic acids is 1. The summed E-state index contributed by atoms with van der Waals surface area (Å²) < 4.78 is 5.22. The van der Waals surface area contributed by atoms with Gasteiger partial charge in [-0.25, -0.2) is 4.79 Å². The Morgan fingerprint density at radius 1 is 0.702 bits per heavy atom. The number of alkyl carbamates (subject to hydrolysis) is 1. The summed E-state index contributed by atoms with van der Waals surface area (Å²) >= 11 is 0. The highest BCUT2D eigenvalue weighted by atomic mass is 16.6. The SMILES string of the molecule is C=Cc1ccc2ccccc2c1.CC(C)(C)OC(=O)N[C@@H](CO)c1ccc2ccccc2c1.N[C@@H](CO)c1ccc2ccccc2c1. The maximum Gasteiger partial charge on any atom is 0.408 e. The molecule has 0 fully saturated rings. The lowest BCUT2D eigenvalue weighted by Gasteiger charge is -2.23. The van der Waals surface area contributed by atoms with Crippen molar-refractivity contribution in [3.8, 4) is 0 Å². The Bertz CT molecular complexity index is 1930. The monoisotopic (exact) mass is 628 g/mol. The molecule has 6 heteroatoms. The highest BCUT2D eigenvalue weighted by Crippen LogP contribution is 2.22. The van der Waals surface area contributed by atoms with Crippen molar-refractivity contribution in [3.63, 3.8) is 0 Å². The molecule has 0 aromatic heterocycles. The van der Waals surface area contributed by atoms with Crippen LogP contribution < -0.4 is 11.1 Å². The quantitative estimate of drug-likeness (QED) is 0.148. The Labute approximate surface area is 277 Å². The summed E-state index contributed by atoms with van der Waals surface area (Å²) in [6.07, 6.45) is 1.33. The normalized spacial score (nSPS) is 12.2. The van der Waals surface area contributed by atoms with E-state index in [0.29, 0.717) is 0 Å². The minimum absolute atomic E-state index is 0.0155. The van der Waals surface area contributed by atoms with Gasteiger partial charge in [-0.1, -0.05) is 122 Å². The number of carbonyl (C=O) groups is 1. The first kappa shape index (κ1) is 34.9. The number of fused-ring (bicyclic) bond motifs is 3. The molecule has 6 rings (SSSR count). The molecule has 0 saturated carbocycles. The molecule has 0 saturated heterocycles. The van der Waals surface area contributed by atoms with Gasteiger partial charge in [0.15, 0.2) is 0 Å². The lowest BCUT2D eigenvalue weighted by atomic mass is 10.0. The second-order valence-electron chi connectivity index (χ2n) is 12.2. The van der Waals surface area contributed by atoms with E-state index < -0.39 is 17.7 Å². The van der Waals surface area contributed by atoms with Gasteiger partial charge in [-0.15, -0.1) is 0 Å². The fourth-order valence-electron chi connectivity index (χ4n) is 4.99. The number of amides is 1. The Morgan fingerprint density at radius 2 is 1.15 bits per heavy atom. The van der Waals surface area contributed by atoms with Crippen molar-refractivity contribution < 1.29 is 19.7 Å². The minimum atomic E-state index is -0.562. The largest absolute Gasteiger partial charge is 0.444 e. The number of ether oxygens (including phenoxy) is 1. The summed E-state index contributed by atoms with van der Waals surface area (Å²) in [6, 6.07) is 41.8. The van der Waals surface area contributed by atoms with Crippen LogP contribution in [0.2, 0.25) is 0 Å². The molecule has 1 amide bonds.